The molecule has 0 fully saturated rings. The Hall–Kier alpha value is -2.89. The summed E-state index contributed by atoms with van der Waals surface area (Å²) in [6.07, 6.45) is 1.04. The van der Waals surface area contributed by atoms with Crippen LogP contribution in [-0.4, -0.2) is 27.2 Å². The Morgan fingerprint density at radius 3 is 2.36 bits per heavy atom. The number of phenolic OH excluding ortho intramolecular Hbond substituents is 3. The molecular weight excluding hydrogens is 324 g/mol. The molecule has 0 unspecified atom stereocenters. The van der Waals surface area contributed by atoms with E-state index in [0.717, 1.165) is 0 Å². The van der Waals surface area contributed by atoms with Crippen LogP contribution < -0.4 is 9.84 Å². The molecule has 0 saturated heterocycles. The van der Waals surface area contributed by atoms with Crippen molar-refractivity contribution in [3.8, 4) is 28.7 Å². The van der Waals surface area contributed by atoms with Crippen LogP contribution in [0, 0.1) is 0 Å². The largest absolute Gasteiger partial charge is 0.872 e. The van der Waals surface area contributed by atoms with Crippen LogP contribution in [0.1, 0.15) is 49.2 Å². The van der Waals surface area contributed by atoms with Gasteiger partial charge in [0.05, 0.1) is 5.56 Å². The van der Waals surface area contributed by atoms with E-state index >= 15 is 0 Å². The molecule has 1 heterocycles. The first-order valence-corrected chi connectivity index (χ1v) is 7.96. The van der Waals surface area contributed by atoms with E-state index in [1.54, 1.807) is 6.92 Å². The van der Waals surface area contributed by atoms with Crippen molar-refractivity contribution < 1.29 is 30.0 Å². The lowest BCUT2D eigenvalue weighted by Crippen LogP contribution is -2.29. The summed E-state index contributed by atoms with van der Waals surface area (Å²) in [5.41, 5.74) is 0.678. The van der Waals surface area contributed by atoms with E-state index in [9.17, 15) is 25.2 Å². The number of benzene rings is 2. The first-order chi connectivity index (χ1) is 11.6. The van der Waals surface area contributed by atoms with Crippen molar-refractivity contribution in [2.24, 2.45) is 0 Å². The van der Waals surface area contributed by atoms with Crippen molar-refractivity contribution in [1.82, 2.24) is 0 Å². The van der Waals surface area contributed by atoms with Gasteiger partial charge in [0.1, 0.15) is 11.9 Å². The number of allylic oxidation sites excluding steroid dienone is 2. The van der Waals surface area contributed by atoms with Gasteiger partial charge < -0.3 is 25.2 Å². The van der Waals surface area contributed by atoms with Gasteiger partial charge in [-0.2, -0.15) is 0 Å². The number of ether oxygens (including phenoxy) is 1. The Kier molecular flexibility index (Phi) is 2.74. The number of ketones is 1. The first-order valence-electron chi connectivity index (χ1n) is 7.96. The Labute approximate surface area is 143 Å². The number of phenols is 3. The molecule has 0 aromatic heterocycles. The maximum atomic E-state index is 13.2. The Morgan fingerprint density at radius 1 is 1.08 bits per heavy atom. The fourth-order valence-corrected chi connectivity index (χ4v) is 3.84. The van der Waals surface area contributed by atoms with Crippen LogP contribution in [0.4, 0.5) is 0 Å². The number of carbonyl (C=O) groups is 1. The molecule has 1 atom stereocenters. The average Bonchev–Trinajstić information content (AvgIpc) is 2.74. The predicted molar refractivity (Wildman–Crippen MR) is 89.5 cm³/mol. The summed E-state index contributed by atoms with van der Waals surface area (Å²) in [5.74, 6) is -2.97. The van der Waals surface area contributed by atoms with Crippen molar-refractivity contribution in [3.05, 3.63) is 22.8 Å². The molecule has 0 radical (unpaired) electrons. The number of aromatic hydroxyl groups is 3. The predicted octanol–water partition coefficient (Wildman–Crippen LogP) is 2.69. The van der Waals surface area contributed by atoms with Crippen molar-refractivity contribution in [1.29, 1.82) is 0 Å². The molecule has 130 valence electrons. The summed E-state index contributed by atoms with van der Waals surface area (Å²) in [5, 5.41) is 43.7. The molecule has 4 rings (SSSR count). The lowest BCUT2D eigenvalue weighted by Gasteiger charge is -2.29. The molecule has 3 N–H and O–H groups in total. The van der Waals surface area contributed by atoms with Gasteiger partial charge >= 0.3 is 0 Å². The molecule has 2 aromatic rings. The zero-order valence-corrected chi connectivity index (χ0v) is 14.2. The minimum absolute atomic E-state index is 0.131. The summed E-state index contributed by atoms with van der Waals surface area (Å²) in [6.45, 7) is 7.30. The molecule has 1 aliphatic carbocycles. The number of hydrogen-bond acceptors (Lipinski definition) is 6. The van der Waals surface area contributed by atoms with Gasteiger partial charge in [-0.15, -0.1) is 0 Å². The highest BCUT2D eigenvalue weighted by molar-refractivity contribution is 6.26. The van der Waals surface area contributed by atoms with Gasteiger partial charge in [0.25, 0.3) is 0 Å². The highest BCUT2D eigenvalue weighted by atomic mass is 16.5. The van der Waals surface area contributed by atoms with Gasteiger partial charge in [-0.3, -0.25) is 4.79 Å². The lowest BCUT2D eigenvalue weighted by molar-refractivity contribution is -0.267. The normalized spacial score (nSPS) is 20.4. The van der Waals surface area contributed by atoms with Crippen molar-refractivity contribution in [3.63, 3.8) is 0 Å². The van der Waals surface area contributed by atoms with E-state index in [0.29, 0.717) is 22.4 Å². The molecule has 0 bridgehead atoms. The second-order valence-corrected chi connectivity index (χ2v) is 7.25. The Bertz CT molecular complexity index is 1030. The fourth-order valence-electron chi connectivity index (χ4n) is 3.84. The van der Waals surface area contributed by atoms with Crippen LogP contribution >= 0.6 is 0 Å². The molecule has 0 saturated carbocycles. The number of rotatable bonds is 0. The number of hydrogen-bond donors (Lipinski definition) is 3. The van der Waals surface area contributed by atoms with Crippen molar-refractivity contribution in [2.75, 3.05) is 0 Å². The topological polar surface area (TPSA) is 110 Å². The van der Waals surface area contributed by atoms with E-state index in [4.69, 9.17) is 4.74 Å². The van der Waals surface area contributed by atoms with Gasteiger partial charge in [-0.1, -0.05) is 19.6 Å². The Balaban J connectivity index is 2.35. The monoisotopic (exact) mass is 341 g/mol. The third-order valence-corrected chi connectivity index (χ3v) is 5.52. The summed E-state index contributed by atoms with van der Waals surface area (Å²) in [4.78, 5) is 12.4. The standard InChI is InChI=1S/C19H18O6/c1-6-5-8(20)10-11-9(6)18-13(19(3,4)7(2)25-18)14(21)12(11)16(23)17(24)15(10)22/h5,7,21-24H,1-4H3/p-1/t7-/m1/s1. The lowest BCUT2D eigenvalue weighted by atomic mass is 9.76. The number of carbonyl (C=O) groups excluding carboxylic acids is 1. The van der Waals surface area contributed by atoms with E-state index in [2.05, 4.69) is 0 Å². The minimum Gasteiger partial charge on any atom is -0.872 e. The molecule has 6 nitrogen and oxygen atoms in total. The van der Waals surface area contributed by atoms with E-state index in [1.165, 1.54) is 6.08 Å². The summed E-state index contributed by atoms with van der Waals surface area (Å²) in [6, 6.07) is 0. The minimum atomic E-state index is -0.864. The molecule has 0 amide bonds. The van der Waals surface area contributed by atoms with Gasteiger partial charge in [-0.05, 0) is 31.1 Å². The van der Waals surface area contributed by atoms with Gasteiger partial charge in [0, 0.05) is 21.8 Å². The summed E-state index contributed by atoms with van der Waals surface area (Å²) >= 11 is 0. The van der Waals surface area contributed by atoms with Gasteiger partial charge in [0.15, 0.2) is 17.3 Å². The Morgan fingerprint density at radius 2 is 1.72 bits per heavy atom. The summed E-state index contributed by atoms with van der Waals surface area (Å²) < 4.78 is 5.96. The van der Waals surface area contributed by atoms with E-state index < -0.39 is 34.2 Å². The zero-order valence-electron chi connectivity index (χ0n) is 14.2. The van der Waals surface area contributed by atoms with Crippen LogP contribution in [0.25, 0.3) is 16.3 Å². The highest BCUT2D eigenvalue weighted by Gasteiger charge is 2.43. The first kappa shape index (κ1) is 15.6. The van der Waals surface area contributed by atoms with Crippen LogP contribution in [-0.2, 0) is 5.41 Å². The van der Waals surface area contributed by atoms with E-state index in [1.807, 2.05) is 20.8 Å². The summed E-state index contributed by atoms with van der Waals surface area (Å²) in [7, 11) is 0. The van der Waals surface area contributed by atoms with E-state index in [-0.39, 0.29) is 22.4 Å². The zero-order chi connectivity index (χ0) is 18.4. The van der Waals surface area contributed by atoms with Gasteiger partial charge in [0.2, 0.25) is 5.75 Å². The molecule has 1 aliphatic heterocycles. The van der Waals surface area contributed by atoms with Crippen LogP contribution in [0.3, 0.4) is 0 Å². The molecular formula is C19H17O6-. The SMILES string of the molecule is CC1=CC(=O)c2c(O)c(O)c(O)c3c([O-])c4c(c1c23)O[C@H](C)C4(C)C. The maximum Gasteiger partial charge on any atom is 0.201 e. The van der Waals surface area contributed by atoms with Gasteiger partial charge in [-0.25, -0.2) is 0 Å². The fraction of sp³-hybridized carbons (Fsp3) is 0.316. The van der Waals surface area contributed by atoms with Crippen molar-refractivity contribution in [2.45, 2.75) is 39.2 Å². The quantitative estimate of drug-likeness (QED) is 0.636. The molecule has 2 aromatic carbocycles. The molecule has 25 heavy (non-hydrogen) atoms. The van der Waals surface area contributed by atoms with Crippen molar-refractivity contribution >= 4 is 22.1 Å². The second kappa shape index (κ2) is 4.39. The van der Waals surface area contributed by atoms with Crippen LogP contribution in [0.2, 0.25) is 0 Å². The molecule has 6 heteroatoms. The van der Waals surface area contributed by atoms with Crippen LogP contribution in [0.5, 0.6) is 28.7 Å². The molecule has 2 aliphatic rings. The third kappa shape index (κ3) is 1.61. The smallest absolute Gasteiger partial charge is 0.201 e. The third-order valence-electron chi connectivity index (χ3n) is 5.52. The maximum absolute atomic E-state index is 13.2. The highest BCUT2D eigenvalue weighted by Crippen LogP contribution is 2.59. The second-order valence-electron chi connectivity index (χ2n) is 7.25. The van der Waals surface area contributed by atoms with Crippen LogP contribution in [0.15, 0.2) is 6.08 Å². The number of fused-ring (bicyclic) bond motifs is 2. The molecule has 0 spiro atoms. The average molecular weight is 341 g/mol.